The van der Waals surface area contributed by atoms with Gasteiger partial charge in [0.2, 0.25) is 0 Å². The Hall–Kier alpha value is -1.53. The summed E-state index contributed by atoms with van der Waals surface area (Å²) in [6, 6.07) is 11.9. The van der Waals surface area contributed by atoms with Gasteiger partial charge in [0.25, 0.3) is 0 Å². The second-order valence-corrected chi connectivity index (χ2v) is 5.76. The molecule has 4 nitrogen and oxygen atoms in total. The molecule has 0 aliphatic heterocycles. The van der Waals surface area contributed by atoms with Crippen molar-refractivity contribution in [2.24, 2.45) is 0 Å². The summed E-state index contributed by atoms with van der Waals surface area (Å²) in [5.41, 5.74) is 2.06. The number of hydrogen-bond acceptors (Lipinski definition) is 3. The van der Waals surface area contributed by atoms with Gasteiger partial charge in [-0.05, 0) is 68.3 Å². The number of furan rings is 1. The summed E-state index contributed by atoms with van der Waals surface area (Å²) in [6.45, 7) is 0.630. The van der Waals surface area contributed by atoms with E-state index in [0.29, 0.717) is 11.2 Å². The molecule has 0 unspecified atom stereocenters. The summed E-state index contributed by atoms with van der Waals surface area (Å²) in [7, 11) is 0. The van der Waals surface area contributed by atoms with Gasteiger partial charge in [-0.2, -0.15) is 5.10 Å². The summed E-state index contributed by atoms with van der Waals surface area (Å²) in [5.74, 6) is 0.861. The predicted molar refractivity (Wildman–Crippen MR) is 85.0 cm³/mol. The van der Waals surface area contributed by atoms with Gasteiger partial charge in [0.05, 0.1) is 16.7 Å². The molecular formula is C14H11Br2N3O. The summed E-state index contributed by atoms with van der Waals surface area (Å²) >= 11 is 6.72. The first-order valence-electron chi connectivity index (χ1n) is 6.00. The average Bonchev–Trinajstić information content (AvgIpc) is 3.08. The van der Waals surface area contributed by atoms with Crippen LogP contribution in [-0.2, 0) is 6.54 Å². The Balaban J connectivity index is 1.66. The molecule has 3 aromatic rings. The zero-order valence-electron chi connectivity index (χ0n) is 10.4. The van der Waals surface area contributed by atoms with Crippen LogP contribution in [0.1, 0.15) is 5.76 Å². The third-order valence-electron chi connectivity index (χ3n) is 2.80. The smallest absolute Gasteiger partial charge is 0.183 e. The number of aromatic nitrogens is 2. The molecule has 0 saturated heterocycles. The first kappa shape index (κ1) is 13.5. The monoisotopic (exact) mass is 395 g/mol. The summed E-state index contributed by atoms with van der Waals surface area (Å²) in [4.78, 5) is 0. The lowest BCUT2D eigenvalue weighted by Crippen LogP contribution is -1.99. The molecule has 0 aliphatic carbocycles. The third-order valence-corrected chi connectivity index (χ3v) is 4.51. The zero-order chi connectivity index (χ0) is 13.9. The van der Waals surface area contributed by atoms with Gasteiger partial charge in [0, 0.05) is 18.1 Å². The molecule has 0 aliphatic rings. The van der Waals surface area contributed by atoms with E-state index in [4.69, 9.17) is 4.42 Å². The molecule has 0 atom stereocenters. The van der Waals surface area contributed by atoms with E-state index in [2.05, 4.69) is 42.3 Å². The number of benzene rings is 1. The Kier molecular flexibility index (Phi) is 3.93. The summed E-state index contributed by atoms with van der Waals surface area (Å²) in [5, 5.41) is 7.50. The van der Waals surface area contributed by atoms with E-state index in [0.717, 1.165) is 21.6 Å². The van der Waals surface area contributed by atoms with Crippen molar-refractivity contribution in [1.82, 2.24) is 9.78 Å². The lowest BCUT2D eigenvalue weighted by molar-refractivity contribution is 0.494. The van der Waals surface area contributed by atoms with Crippen molar-refractivity contribution in [3.05, 3.63) is 63.7 Å². The van der Waals surface area contributed by atoms with Crippen LogP contribution in [-0.4, -0.2) is 9.78 Å². The van der Waals surface area contributed by atoms with Gasteiger partial charge >= 0.3 is 0 Å². The maximum absolute atomic E-state index is 5.51. The highest BCUT2D eigenvalue weighted by Gasteiger charge is 2.05. The van der Waals surface area contributed by atoms with E-state index in [1.165, 1.54) is 0 Å². The normalized spacial score (nSPS) is 10.7. The largest absolute Gasteiger partial charge is 0.451 e. The molecule has 2 aromatic heterocycles. The van der Waals surface area contributed by atoms with Crippen LogP contribution in [0.4, 0.5) is 5.69 Å². The predicted octanol–water partition coefficient (Wildman–Crippen LogP) is 4.60. The fourth-order valence-electron chi connectivity index (χ4n) is 1.82. The quantitative estimate of drug-likeness (QED) is 0.700. The van der Waals surface area contributed by atoms with Crippen LogP contribution in [0.25, 0.3) is 5.69 Å². The van der Waals surface area contributed by atoms with Gasteiger partial charge in [0.15, 0.2) is 4.67 Å². The zero-order valence-corrected chi connectivity index (χ0v) is 13.6. The van der Waals surface area contributed by atoms with E-state index in [1.807, 2.05) is 47.3 Å². The van der Waals surface area contributed by atoms with Gasteiger partial charge in [-0.15, -0.1) is 0 Å². The van der Waals surface area contributed by atoms with Crippen LogP contribution in [0.2, 0.25) is 0 Å². The molecule has 3 rings (SSSR count). The Labute approximate surface area is 133 Å². The Morgan fingerprint density at radius 2 is 2.00 bits per heavy atom. The van der Waals surface area contributed by atoms with Crippen molar-refractivity contribution in [2.75, 3.05) is 5.32 Å². The molecule has 6 heteroatoms. The first-order valence-corrected chi connectivity index (χ1v) is 7.58. The Bertz CT molecular complexity index is 670. The van der Waals surface area contributed by atoms with E-state index in [1.54, 1.807) is 6.20 Å². The molecule has 0 amide bonds. The number of halogens is 2. The lowest BCUT2D eigenvalue weighted by Gasteiger charge is -2.06. The van der Waals surface area contributed by atoms with Crippen molar-refractivity contribution >= 4 is 37.5 Å². The van der Waals surface area contributed by atoms with Crippen LogP contribution in [0, 0.1) is 0 Å². The standard InChI is InChI=1S/C14H11Br2N3O/c15-13-8-12(20-14(13)16)9-17-10-2-4-11(5-3-10)19-7-1-6-18-19/h1-8,17H,9H2. The summed E-state index contributed by atoms with van der Waals surface area (Å²) in [6.07, 6.45) is 3.68. The van der Waals surface area contributed by atoms with Crippen molar-refractivity contribution in [3.63, 3.8) is 0 Å². The van der Waals surface area contributed by atoms with E-state index in [9.17, 15) is 0 Å². The van der Waals surface area contributed by atoms with Gasteiger partial charge in [-0.25, -0.2) is 4.68 Å². The first-order chi connectivity index (χ1) is 9.72. The molecule has 0 saturated carbocycles. The second-order valence-electron chi connectivity index (χ2n) is 4.19. The van der Waals surface area contributed by atoms with Crippen LogP contribution in [0.3, 0.4) is 0 Å². The molecular weight excluding hydrogens is 386 g/mol. The molecule has 1 aromatic carbocycles. The second kappa shape index (κ2) is 5.85. The van der Waals surface area contributed by atoms with Gasteiger partial charge < -0.3 is 9.73 Å². The van der Waals surface area contributed by atoms with E-state index >= 15 is 0 Å². The average molecular weight is 397 g/mol. The van der Waals surface area contributed by atoms with E-state index < -0.39 is 0 Å². The molecule has 0 bridgehead atoms. The van der Waals surface area contributed by atoms with E-state index in [-0.39, 0.29) is 0 Å². The lowest BCUT2D eigenvalue weighted by atomic mass is 10.3. The minimum Gasteiger partial charge on any atom is -0.451 e. The molecule has 0 radical (unpaired) electrons. The number of rotatable bonds is 4. The number of anilines is 1. The fraction of sp³-hybridized carbons (Fsp3) is 0.0714. The molecule has 102 valence electrons. The van der Waals surface area contributed by atoms with Crippen LogP contribution >= 0.6 is 31.9 Å². The van der Waals surface area contributed by atoms with Crippen molar-refractivity contribution < 1.29 is 4.42 Å². The number of nitrogens with zero attached hydrogens (tertiary/aromatic N) is 2. The highest BCUT2D eigenvalue weighted by molar-refractivity contribution is 9.13. The number of nitrogens with one attached hydrogen (secondary N) is 1. The maximum Gasteiger partial charge on any atom is 0.183 e. The highest BCUT2D eigenvalue weighted by atomic mass is 79.9. The van der Waals surface area contributed by atoms with Crippen LogP contribution in [0.5, 0.6) is 0 Å². The molecule has 1 N–H and O–H groups in total. The van der Waals surface area contributed by atoms with Crippen LogP contribution in [0.15, 0.2) is 62.4 Å². The molecule has 2 heterocycles. The Morgan fingerprint density at radius 1 is 1.20 bits per heavy atom. The van der Waals surface area contributed by atoms with Crippen molar-refractivity contribution in [1.29, 1.82) is 0 Å². The molecule has 0 spiro atoms. The molecule has 20 heavy (non-hydrogen) atoms. The third kappa shape index (κ3) is 2.96. The fourth-order valence-corrected chi connectivity index (χ4v) is 2.48. The number of hydrogen-bond donors (Lipinski definition) is 1. The van der Waals surface area contributed by atoms with Gasteiger partial charge in [0.1, 0.15) is 5.76 Å². The SMILES string of the molecule is Brc1cc(CNc2ccc(-n3cccn3)cc2)oc1Br. The molecule has 0 fully saturated rings. The topological polar surface area (TPSA) is 43.0 Å². The highest BCUT2D eigenvalue weighted by Crippen LogP contribution is 2.27. The Morgan fingerprint density at radius 3 is 2.60 bits per heavy atom. The van der Waals surface area contributed by atoms with Gasteiger partial charge in [-0.1, -0.05) is 0 Å². The van der Waals surface area contributed by atoms with Gasteiger partial charge in [-0.3, -0.25) is 0 Å². The van der Waals surface area contributed by atoms with Crippen LogP contribution < -0.4 is 5.32 Å². The minimum absolute atomic E-state index is 0.630. The van der Waals surface area contributed by atoms with Crippen molar-refractivity contribution in [3.8, 4) is 5.69 Å². The maximum atomic E-state index is 5.51. The van der Waals surface area contributed by atoms with Crippen molar-refractivity contribution in [2.45, 2.75) is 6.54 Å². The summed E-state index contributed by atoms with van der Waals surface area (Å²) < 4.78 is 8.97. The minimum atomic E-state index is 0.630.